The Kier molecular flexibility index (Phi) is 3.71. The van der Waals surface area contributed by atoms with E-state index in [1.165, 1.54) is 11.1 Å². The number of nitrogens with one attached hydrogen (secondary N) is 1. The quantitative estimate of drug-likeness (QED) is 0.614. The van der Waals surface area contributed by atoms with E-state index in [0.717, 1.165) is 13.0 Å². The highest BCUT2D eigenvalue weighted by molar-refractivity contribution is 7.07. The summed E-state index contributed by atoms with van der Waals surface area (Å²) < 4.78 is 1.93. The number of hydrogen-bond acceptors (Lipinski definition) is 4. The van der Waals surface area contributed by atoms with Crippen LogP contribution >= 0.6 is 11.3 Å². The number of thiophene rings is 1. The van der Waals surface area contributed by atoms with Crippen LogP contribution in [0.1, 0.15) is 24.1 Å². The fraction of sp³-hybridized carbons (Fsp3) is 0.364. The molecule has 0 saturated heterocycles. The molecule has 0 aliphatic heterocycles. The minimum absolute atomic E-state index is 0.167. The van der Waals surface area contributed by atoms with Crippen LogP contribution in [0.15, 0.2) is 29.2 Å². The van der Waals surface area contributed by atoms with Crippen molar-refractivity contribution in [2.75, 3.05) is 0 Å². The lowest BCUT2D eigenvalue weighted by molar-refractivity contribution is 0.553. The van der Waals surface area contributed by atoms with Crippen LogP contribution in [-0.2, 0) is 13.0 Å². The first kappa shape index (κ1) is 11.3. The second-order valence-electron chi connectivity index (χ2n) is 3.68. The highest BCUT2D eigenvalue weighted by atomic mass is 32.1. The third kappa shape index (κ3) is 2.49. The lowest BCUT2D eigenvalue weighted by atomic mass is 10.0. The molecule has 86 valence electrons. The molecule has 0 saturated carbocycles. The molecule has 2 heterocycles. The SMILES string of the molecule is CCn1cc(CC(NN)c2ccsc2)cn1. The van der Waals surface area contributed by atoms with Gasteiger partial charge < -0.3 is 0 Å². The van der Waals surface area contributed by atoms with Gasteiger partial charge in [0.15, 0.2) is 0 Å². The Morgan fingerprint density at radius 1 is 1.62 bits per heavy atom. The average molecular weight is 236 g/mol. The first-order valence-corrected chi connectivity index (χ1v) is 6.27. The fourth-order valence-corrected chi connectivity index (χ4v) is 2.38. The van der Waals surface area contributed by atoms with Gasteiger partial charge in [-0.3, -0.25) is 16.0 Å². The van der Waals surface area contributed by atoms with Crippen molar-refractivity contribution in [1.29, 1.82) is 0 Å². The Morgan fingerprint density at radius 2 is 2.50 bits per heavy atom. The molecule has 1 unspecified atom stereocenters. The van der Waals surface area contributed by atoms with Gasteiger partial charge in [-0.05, 0) is 41.3 Å². The standard InChI is InChI=1S/C11H16N4S/c1-2-15-7-9(6-13-15)5-11(14-12)10-3-4-16-8-10/h3-4,6-8,11,14H,2,5,12H2,1H3. The summed E-state index contributed by atoms with van der Waals surface area (Å²) in [6.07, 6.45) is 4.84. The van der Waals surface area contributed by atoms with Crippen molar-refractivity contribution >= 4 is 11.3 Å². The monoisotopic (exact) mass is 236 g/mol. The van der Waals surface area contributed by atoms with Crippen molar-refractivity contribution in [3.05, 3.63) is 40.3 Å². The zero-order valence-corrected chi connectivity index (χ0v) is 10.1. The van der Waals surface area contributed by atoms with E-state index in [-0.39, 0.29) is 6.04 Å². The van der Waals surface area contributed by atoms with Crippen LogP contribution < -0.4 is 11.3 Å². The van der Waals surface area contributed by atoms with Gasteiger partial charge in [-0.25, -0.2) is 0 Å². The maximum atomic E-state index is 5.58. The third-order valence-electron chi connectivity index (χ3n) is 2.60. The van der Waals surface area contributed by atoms with Gasteiger partial charge >= 0.3 is 0 Å². The van der Waals surface area contributed by atoms with E-state index < -0.39 is 0 Å². The molecule has 0 amide bonds. The first-order valence-electron chi connectivity index (χ1n) is 5.33. The van der Waals surface area contributed by atoms with E-state index in [1.54, 1.807) is 11.3 Å². The Labute approximate surface area is 99.1 Å². The number of aromatic nitrogens is 2. The summed E-state index contributed by atoms with van der Waals surface area (Å²) in [6.45, 7) is 2.98. The van der Waals surface area contributed by atoms with Gasteiger partial charge in [0, 0.05) is 12.7 Å². The van der Waals surface area contributed by atoms with Crippen molar-refractivity contribution in [3.8, 4) is 0 Å². The van der Waals surface area contributed by atoms with Gasteiger partial charge in [0.25, 0.3) is 0 Å². The zero-order chi connectivity index (χ0) is 11.4. The number of rotatable bonds is 5. The second-order valence-corrected chi connectivity index (χ2v) is 4.46. The summed E-state index contributed by atoms with van der Waals surface area (Å²) >= 11 is 1.69. The van der Waals surface area contributed by atoms with Gasteiger partial charge in [0.1, 0.15) is 0 Å². The highest BCUT2D eigenvalue weighted by Gasteiger charge is 2.11. The van der Waals surface area contributed by atoms with Gasteiger partial charge in [0.2, 0.25) is 0 Å². The number of aryl methyl sites for hydroxylation is 1. The molecule has 2 rings (SSSR count). The first-order chi connectivity index (χ1) is 7.83. The molecule has 0 aromatic carbocycles. The van der Waals surface area contributed by atoms with E-state index in [2.05, 4.69) is 40.5 Å². The molecular formula is C11H16N4S. The molecule has 0 aliphatic rings. The molecule has 1 atom stereocenters. The lowest BCUT2D eigenvalue weighted by Gasteiger charge is -2.12. The minimum Gasteiger partial charge on any atom is -0.273 e. The van der Waals surface area contributed by atoms with Crippen LogP contribution in [0.3, 0.4) is 0 Å². The Balaban J connectivity index is 2.07. The molecular weight excluding hydrogens is 220 g/mol. The summed E-state index contributed by atoms with van der Waals surface area (Å²) in [4.78, 5) is 0. The molecule has 0 spiro atoms. The van der Waals surface area contributed by atoms with Crippen LogP contribution in [0.25, 0.3) is 0 Å². The molecule has 16 heavy (non-hydrogen) atoms. The Hall–Kier alpha value is -1.17. The maximum Gasteiger partial charge on any atom is 0.0522 e. The fourth-order valence-electron chi connectivity index (χ4n) is 1.67. The van der Waals surface area contributed by atoms with Crippen molar-refractivity contribution in [3.63, 3.8) is 0 Å². The van der Waals surface area contributed by atoms with E-state index in [9.17, 15) is 0 Å². The van der Waals surface area contributed by atoms with Crippen LogP contribution in [-0.4, -0.2) is 9.78 Å². The van der Waals surface area contributed by atoms with Crippen LogP contribution in [0.4, 0.5) is 0 Å². The molecule has 0 radical (unpaired) electrons. The van der Waals surface area contributed by atoms with Crippen LogP contribution in [0, 0.1) is 0 Å². The molecule has 2 aromatic rings. The molecule has 0 fully saturated rings. The summed E-state index contributed by atoms with van der Waals surface area (Å²) in [5, 5.41) is 8.44. The lowest BCUT2D eigenvalue weighted by Crippen LogP contribution is -2.29. The molecule has 2 aromatic heterocycles. The predicted molar refractivity (Wildman–Crippen MR) is 66.0 cm³/mol. The Morgan fingerprint density at radius 3 is 3.06 bits per heavy atom. The third-order valence-corrected chi connectivity index (χ3v) is 3.30. The number of hydrogen-bond donors (Lipinski definition) is 2. The molecule has 3 N–H and O–H groups in total. The predicted octanol–water partition coefficient (Wildman–Crippen LogP) is 1.71. The van der Waals surface area contributed by atoms with Crippen molar-refractivity contribution in [2.45, 2.75) is 25.9 Å². The van der Waals surface area contributed by atoms with Crippen molar-refractivity contribution < 1.29 is 0 Å². The van der Waals surface area contributed by atoms with E-state index >= 15 is 0 Å². The molecule has 0 bridgehead atoms. The van der Waals surface area contributed by atoms with Gasteiger partial charge in [0.05, 0.1) is 12.2 Å². The minimum atomic E-state index is 0.167. The van der Waals surface area contributed by atoms with Crippen LogP contribution in [0.2, 0.25) is 0 Å². The van der Waals surface area contributed by atoms with Crippen LogP contribution in [0.5, 0.6) is 0 Å². The molecule has 0 aliphatic carbocycles. The van der Waals surface area contributed by atoms with Gasteiger partial charge in [-0.15, -0.1) is 0 Å². The molecule has 4 nitrogen and oxygen atoms in total. The van der Waals surface area contributed by atoms with E-state index in [1.807, 2.05) is 10.9 Å². The Bertz CT molecular complexity index is 421. The summed E-state index contributed by atoms with van der Waals surface area (Å²) in [6, 6.07) is 2.26. The normalized spacial score (nSPS) is 12.9. The largest absolute Gasteiger partial charge is 0.273 e. The van der Waals surface area contributed by atoms with Gasteiger partial charge in [-0.2, -0.15) is 16.4 Å². The second kappa shape index (κ2) is 5.25. The number of hydrazine groups is 1. The zero-order valence-electron chi connectivity index (χ0n) is 9.26. The topological polar surface area (TPSA) is 55.9 Å². The average Bonchev–Trinajstić information content (AvgIpc) is 2.96. The van der Waals surface area contributed by atoms with E-state index in [4.69, 9.17) is 5.84 Å². The maximum absolute atomic E-state index is 5.58. The smallest absolute Gasteiger partial charge is 0.0522 e. The van der Waals surface area contributed by atoms with Crippen molar-refractivity contribution in [1.82, 2.24) is 15.2 Å². The van der Waals surface area contributed by atoms with E-state index in [0.29, 0.717) is 0 Å². The number of nitrogens with zero attached hydrogens (tertiary/aromatic N) is 2. The summed E-state index contributed by atoms with van der Waals surface area (Å²) in [5.41, 5.74) is 5.29. The number of nitrogens with two attached hydrogens (primary N) is 1. The summed E-state index contributed by atoms with van der Waals surface area (Å²) in [7, 11) is 0. The summed E-state index contributed by atoms with van der Waals surface area (Å²) in [5.74, 6) is 5.58. The van der Waals surface area contributed by atoms with Crippen molar-refractivity contribution in [2.24, 2.45) is 5.84 Å². The van der Waals surface area contributed by atoms with Gasteiger partial charge in [-0.1, -0.05) is 0 Å². The highest BCUT2D eigenvalue weighted by Crippen LogP contribution is 2.19. The molecule has 5 heteroatoms.